The molecule has 61 heavy (non-hydrogen) atoms. The number of fused-ring (bicyclic) bond motifs is 8. The first kappa shape index (κ1) is 40.1. The van der Waals surface area contributed by atoms with Crippen molar-refractivity contribution in [2.24, 2.45) is 5.92 Å². The normalized spacial score (nSPS) is 24.7. The summed E-state index contributed by atoms with van der Waals surface area (Å²) in [6, 6.07) is 12.7. The molecule has 15 nitrogen and oxygen atoms in total. The third-order valence-corrected chi connectivity index (χ3v) is 11.5. The minimum Gasteiger partial charge on any atom is -0.450 e. The van der Waals surface area contributed by atoms with Crippen LogP contribution >= 0.6 is 0 Å². The molecule has 10 rings (SSSR count). The molecular weight excluding hydrogens is 806 g/mol. The number of non-ortho nitro benzene ring substituents is 1. The van der Waals surface area contributed by atoms with Gasteiger partial charge in [0.1, 0.15) is 34.7 Å². The Balaban J connectivity index is 1.19. The predicted octanol–water partition coefficient (Wildman–Crippen LogP) is 7.91. The number of hydrogen-bond donors (Lipinski definition) is 1. The highest BCUT2D eigenvalue weighted by Crippen LogP contribution is 2.42. The van der Waals surface area contributed by atoms with E-state index < -0.39 is 59.8 Å². The zero-order valence-electron chi connectivity index (χ0n) is 32.7. The minimum atomic E-state index is -3.34. The van der Waals surface area contributed by atoms with Gasteiger partial charge in [0.2, 0.25) is 0 Å². The number of halogens is 4. The van der Waals surface area contributed by atoms with Crippen LogP contribution in [0.5, 0.6) is 17.5 Å². The molecule has 0 saturated carbocycles. The van der Waals surface area contributed by atoms with Crippen LogP contribution in [-0.2, 0) is 11.2 Å². The fraction of sp³-hybridized carbons (Fsp3) is 0.405. The standard InChI is InChI=1S/C42H39F4N7O8/c1-41-20-42(45,46)22-52(21-41)36-31-18-47-34(33(44)35(31)48-38(49-36)61-37-25-7-3-13-51(37)19-26(43)15-25)30-17-29(60-40(55)59-28-11-9-27(10-12-28)53(56)57)16-24-6-2-5-23(32(24)30)8-4-14-58-39(54)50-41/h2,5-6,9-12,16-18,25-26,37H,3-4,7-8,13-15,19-22H2,1H3,(H,50,54)/t25-,26-,37+,41-/m1/s1. The van der Waals surface area contributed by atoms with Crippen molar-refractivity contribution in [3.63, 3.8) is 0 Å². The molecule has 2 aromatic heterocycles. The third-order valence-electron chi connectivity index (χ3n) is 11.5. The molecule has 7 heterocycles. The number of carbonyl (C=O) groups excluding carboxylic acids is 2. The van der Waals surface area contributed by atoms with Crippen LogP contribution in [0.25, 0.3) is 32.9 Å². The van der Waals surface area contributed by atoms with Crippen molar-refractivity contribution in [2.45, 2.75) is 69.3 Å². The van der Waals surface area contributed by atoms with Crippen LogP contribution in [0.4, 0.5) is 38.7 Å². The van der Waals surface area contributed by atoms with E-state index in [1.54, 1.807) is 18.2 Å². The van der Waals surface area contributed by atoms with E-state index in [0.717, 1.165) is 18.6 Å². The Hall–Kier alpha value is -6.37. The lowest BCUT2D eigenvalue weighted by Gasteiger charge is -2.46. The van der Waals surface area contributed by atoms with Crippen molar-refractivity contribution in [1.29, 1.82) is 0 Å². The molecule has 0 radical (unpaired) electrons. The van der Waals surface area contributed by atoms with Gasteiger partial charge in [0.05, 0.1) is 29.0 Å². The highest BCUT2D eigenvalue weighted by Gasteiger charge is 2.49. The van der Waals surface area contributed by atoms with E-state index >= 15 is 13.2 Å². The fourth-order valence-electron chi connectivity index (χ4n) is 9.16. The maximum atomic E-state index is 17.6. The third kappa shape index (κ3) is 8.13. The molecule has 1 amide bonds. The summed E-state index contributed by atoms with van der Waals surface area (Å²) in [6.07, 6.45) is -0.821. The number of amides is 1. The minimum absolute atomic E-state index is 0.0166. The van der Waals surface area contributed by atoms with Gasteiger partial charge in [0, 0.05) is 55.9 Å². The number of nitro benzene ring substituents is 1. The van der Waals surface area contributed by atoms with Gasteiger partial charge in [-0.3, -0.25) is 20.0 Å². The van der Waals surface area contributed by atoms with Gasteiger partial charge < -0.3 is 29.2 Å². The molecule has 0 aliphatic carbocycles. The highest BCUT2D eigenvalue weighted by atomic mass is 19.3. The van der Waals surface area contributed by atoms with Gasteiger partial charge in [-0.1, -0.05) is 18.2 Å². The zero-order valence-corrected chi connectivity index (χ0v) is 32.7. The molecule has 8 bridgehead atoms. The average Bonchev–Trinajstić information content (AvgIpc) is 3.18. The quantitative estimate of drug-likeness (QED) is 0.0596. The Kier molecular flexibility index (Phi) is 10.2. The summed E-state index contributed by atoms with van der Waals surface area (Å²) in [7, 11) is 0. The van der Waals surface area contributed by atoms with Crippen molar-refractivity contribution in [2.75, 3.05) is 37.7 Å². The maximum absolute atomic E-state index is 17.6. The van der Waals surface area contributed by atoms with Crippen molar-refractivity contribution in [3.8, 4) is 28.8 Å². The Morgan fingerprint density at radius 2 is 1.87 bits per heavy atom. The van der Waals surface area contributed by atoms with E-state index in [4.69, 9.17) is 18.9 Å². The van der Waals surface area contributed by atoms with Crippen LogP contribution in [0, 0.1) is 21.8 Å². The summed E-state index contributed by atoms with van der Waals surface area (Å²) in [6.45, 7) is 1.08. The van der Waals surface area contributed by atoms with Gasteiger partial charge in [-0.05, 0) is 79.6 Å². The molecular formula is C42H39F4N7O8. The molecule has 5 atom stereocenters. The van der Waals surface area contributed by atoms with E-state index in [2.05, 4.69) is 20.3 Å². The summed E-state index contributed by atoms with van der Waals surface area (Å²) in [5.41, 5.74) is -1.37. The monoisotopic (exact) mass is 845 g/mol. The van der Waals surface area contributed by atoms with Crippen LogP contribution in [0.3, 0.4) is 0 Å². The van der Waals surface area contributed by atoms with Gasteiger partial charge in [-0.25, -0.2) is 27.2 Å². The number of pyridine rings is 1. The number of nitrogens with zero attached hydrogens (tertiary/aromatic N) is 6. The Bertz CT molecular complexity index is 2550. The topological polar surface area (TPSA) is 171 Å². The smallest absolute Gasteiger partial charge is 0.450 e. The van der Waals surface area contributed by atoms with Crippen molar-refractivity contribution < 1.29 is 51.0 Å². The average molecular weight is 846 g/mol. The predicted molar refractivity (Wildman–Crippen MR) is 211 cm³/mol. The number of aryl methyl sites for hydroxylation is 1. The Labute approximate surface area is 345 Å². The molecule has 3 saturated heterocycles. The number of anilines is 1. The number of ether oxygens (including phenoxy) is 4. The van der Waals surface area contributed by atoms with Gasteiger partial charge in [0.25, 0.3) is 11.6 Å². The largest absolute Gasteiger partial charge is 0.519 e. The molecule has 5 aromatic rings. The first-order valence-corrected chi connectivity index (χ1v) is 19.9. The number of alkyl carbamates (subject to hydrolysis) is 1. The number of hydrogen-bond acceptors (Lipinski definition) is 13. The lowest BCUT2D eigenvalue weighted by atomic mass is 9.86. The number of aromatic nitrogens is 3. The van der Waals surface area contributed by atoms with Crippen LogP contribution in [0.1, 0.15) is 44.6 Å². The van der Waals surface area contributed by atoms with E-state index in [1.165, 1.54) is 36.2 Å². The molecule has 3 aromatic carbocycles. The number of benzene rings is 3. The molecule has 5 aliphatic rings. The molecule has 3 fully saturated rings. The first-order valence-electron chi connectivity index (χ1n) is 19.9. The first-order chi connectivity index (χ1) is 29.2. The fourth-order valence-corrected chi connectivity index (χ4v) is 9.16. The van der Waals surface area contributed by atoms with Gasteiger partial charge in [0.15, 0.2) is 12.0 Å². The number of carbonyl (C=O) groups is 2. The number of piperidine rings is 3. The van der Waals surface area contributed by atoms with Crippen LogP contribution in [0.2, 0.25) is 0 Å². The second-order valence-corrected chi connectivity index (χ2v) is 16.3. The van der Waals surface area contributed by atoms with Crippen molar-refractivity contribution >= 4 is 45.4 Å². The van der Waals surface area contributed by atoms with E-state index in [9.17, 15) is 24.1 Å². The molecule has 19 heteroatoms. The summed E-state index contributed by atoms with van der Waals surface area (Å²) in [4.78, 5) is 53.5. The second-order valence-electron chi connectivity index (χ2n) is 16.3. The van der Waals surface area contributed by atoms with E-state index in [1.807, 2.05) is 11.0 Å². The Morgan fingerprint density at radius 3 is 2.66 bits per heavy atom. The zero-order chi connectivity index (χ0) is 42.6. The lowest BCUT2D eigenvalue weighted by Crippen LogP contribution is -2.63. The maximum Gasteiger partial charge on any atom is 0.519 e. The van der Waals surface area contributed by atoms with Crippen LogP contribution in [0.15, 0.2) is 60.8 Å². The lowest BCUT2D eigenvalue weighted by molar-refractivity contribution is -0.384. The summed E-state index contributed by atoms with van der Waals surface area (Å²) in [5.74, 6) is -4.72. The van der Waals surface area contributed by atoms with Crippen LogP contribution < -0.4 is 24.4 Å². The highest BCUT2D eigenvalue weighted by molar-refractivity contribution is 6.02. The van der Waals surface area contributed by atoms with Crippen molar-refractivity contribution in [3.05, 3.63) is 82.3 Å². The Morgan fingerprint density at radius 1 is 1.07 bits per heavy atom. The molecule has 1 unspecified atom stereocenters. The summed E-state index contributed by atoms with van der Waals surface area (Å²) >= 11 is 0. The number of alkyl halides is 3. The molecule has 5 aliphatic heterocycles. The summed E-state index contributed by atoms with van der Waals surface area (Å²) < 4.78 is 86.4. The van der Waals surface area contributed by atoms with Crippen molar-refractivity contribution in [1.82, 2.24) is 25.2 Å². The van der Waals surface area contributed by atoms with Crippen LogP contribution in [-0.4, -0.2) is 93.7 Å². The number of rotatable bonds is 5. The number of nitrogens with one attached hydrogen (secondary N) is 1. The van der Waals surface area contributed by atoms with E-state index in [-0.39, 0.29) is 83.2 Å². The molecule has 0 spiro atoms. The SMILES string of the molecule is C[C@]12CN(CC(F)(F)C1)c1nc(O[C@H]3[C@@H]4CCCN3C[C@H](F)C4)nc3c(F)c(ncc13)-c1cc(OC(=O)Oc3ccc([N+](=O)[O-])cc3)cc3cccc(c13)CCCOC(=O)N2. The molecule has 1 N–H and O–H groups in total. The van der Waals surface area contributed by atoms with Gasteiger partial charge in [-0.15, -0.1) is 0 Å². The number of nitro groups is 1. The summed E-state index contributed by atoms with van der Waals surface area (Å²) in [5, 5.41) is 14.7. The second kappa shape index (κ2) is 15.6. The van der Waals surface area contributed by atoms with Gasteiger partial charge in [-0.2, -0.15) is 9.97 Å². The van der Waals surface area contributed by atoms with E-state index in [0.29, 0.717) is 42.1 Å². The van der Waals surface area contributed by atoms with Gasteiger partial charge >= 0.3 is 18.3 Å². The molecule has 318 valence electrons.